The smallest absolute Gasteiger partial charge is 0.276 e. The number of aromatic nitrogens is 2. The minimum Gasteiger partial charge on any atom is -0.308 e. The van der Waals surface area contributed by atoms with E-state index in [2.05, 4.69) is 31.0 Å². The second-order valence-corrected chi connectivity index (χ2v) is 6.01. The van der Waals surface area contributed by atoms with Gasteiger partial charge in [0.05, 0.1) is 11.0 Å². The minimum absolute atomic E-state index is 0.0834. The average Bonchev–Trinajstić information content (AvgIpc) is 2.57. The van der Waals surface area contributed by atoms with Crippen LogP contribution in [0.2, 0.25) is 0 Å². The molecule has 0 aliphatic rings. The van der Waals surface area contributed by atoms with Gasteiger partial charge < -0.3 is 4.57 Å². The summed E-state index contributed by atoms with van der Waals surface area (Å²) < 4.78 is 1.65. The molecule has 116 valence electrons. The summed E-state index contributed by atoms with van der Waals surface area (Å²) in [6.45, 7) is 4.34. The van der Waals surface area contributed by atoms with E-state index < -0.39 is 0 Å². The molecule has 0 aliphatic carbocycles. The van der Waals surface area contributed by atoms with Gasteiger partial charge >= 0.3 is 0 Å². The summed E-state index contributed by atoms with van der Waals surface area (Å²) in [7, 11) is 1.78. The zero-order valence-corrected chi connectivity index (χ0v) is 13.7. The number of hydrogen-bond acceptors (Lipinski definition) is 2. The molecule has 0 saturated carbocycles. The highest BCUT2D eigenvalue weighted by atomic mass is 16.1. The van der Waals surface area contributed by atoms with Crippen molar-refractivity contribution >= 4 is 23.2 Å². The maximum atomic E-state index is 12.4. The molecule has 0 unspecified atom stereocenters. The molecular formula is C20H20N2O. The average molecular weight is 304 g/mol. The van der Waals surface area contributed by atoms with Crippen LogP contribution in [0.3, 0.4) is 0 Å². The number of fused-ring (bicyclic) bond motifs is 1. The topological polar surface area (TPSA) is 34.9 Å². The van der Waals surface area contributed by atoms with Crippen LogP contribution < -0.4 is 5.56 Å². The quantitative estimate of drug-likeness (QED) is 0.726. The minimum atomic E-state index is -0.0834. The number of rotatable bonds is 3. The zero-order valence-electron chi connectivity index (χ0n) is 13.7. The first-order chi connectivity index (χ1) is 11.1. The van der Waals surface area contributed by atoms with Crippen molar-refractivity contribution in [2.24, 2.45) is 7.05 Å². The number of nitrogens with zero attached hydrogens (tertiary/aromatic N) is 2. The maximum Gasteiger partial charge on any atom is 0.276 e. The fourth-order valence-electron chi connectivity index (χ4n) is 2.61. The van der Waals surface area contributed by atoms with Crippen LogP contribution in [0.15, 0.2) is 53.3 Å². The maximum absolute atomic E-state index is 12.4. The van der Waals surface area contributed by atoms with Gasteiger partial charge in [0, 0.05) is 7.05 Å². The number of aryl methyl sites for hydroxylation is 1. The van der Waals surface area contributed by atoms with Crippen LogP contribution in [-0.4, -0.2) is 9.55 Å². The molecule has 0 atom stereocenters. The van der Waals surface area contributed by atoms with Gasteiger partial charge in [-0.2, -0.15) is 0 Å². The highest BCUT2D eigenvalue weighted by molar-refractivity contribution is 5.77. The molecule has 3 nitrogen and oxygen atoms in total. The molecule has 0 aliphatic heterocycles. The normalized spacial score (nSPS) is 11.7. The van der Waals surface area contributed by atoms with Crippen molar-refractivity contribution < 1.29 is 0 Å². The molecule has 3 aromatic rings. The highest BCUT2D eigenvalue weighted by Gasteiger charge is 2.05. The third kappa shape index (κ3) is 3.09. The Bertz CT molecular complexity index is 936. The van der Waals surface area contributed by atoms with Gasteiger partial charge in [0.15, 0.2) is 0 Å². The van der Waals surface area contributed by atoms with Crippen molar-refractivity contribution in [2.75, 3.05) is 0 Å². The molecule has 0 N–H and O–H groups in total. The van der Waals surface area contributed by atoms with Crippen LogP contribution in [0, 0.1) is 0 Å². The van der Waals surface area contributed by atoms with Crippen LogP contribution in [0.25, 0.3) is 23.2 Å². The Hall–Kier alpha value is -2.68. The first-order valence-electron chi connectivity index (χ1n) is 7.80. The van der Waals surface area contributed by atoms with E-state index in [-0.39, 0.29) is 5.56 Å². The van der Waals surface area contributed by atoms with Crippen LogP contribution in [0.4, 0.5) is 0 Å². The Morgan fingerprint density at radius 1 is 1.04 bits per heavy atom. The van der Waals surface area contributed by atoms with Crippen LogP contribution in [0.1, 0.15) is 36.6 Å². The van der Waals surface area contributed by atoms with E-state index in [1.165, 1.54) is 5.56 Å². The SMILES string of the molecule is CC(C)c1cccc(/C=C/c2nc3ccccc3n(C)c2=O)c1. The van der Waals surface area contributed by atoms with Gasteiger partial charge in [-0.25, -0.2) is 4.98 Å². The summed E-state index contributed by atoms with van der Waals surface area (Å²) >= 11 is 0. The van der Waals surface area contributed by atoms with Crippen molar-refractivity contribution in [3.63, 3.8) is 0 Å². The van der Waals surface area contributed by atoms with Gasteiger partial charge in [-0.3, -0.25) is 4.79 Å². The summed E-state index contributed by atoms with van der Waals surface area (Å²) in [6, 6.07) is 16.0. The van der Waals surface area contributed by atoms with E-state index in [9.17, 15) is 4.79 Å². The van der Waals surface area contributed by atoms with Crippen molar-refractivity contribution in [1.29, 1.82) is 0 Å². The van der Waals surface area contributed by atoms with Gasteiger partial charge in [0.1, 0.15) is 5.69 Å². The van der Waals surface area contributed by atoms with Crippen LogP contribution in [0.5, 0.6) is 0 Å². The second kappa shape index (κ2) is 6.21. The van der Waals surface area contributed by atoms with Crippen molar-refractivity contribution in [3.05, 3.63) is 75.7 Å². The van der Waals surface area contributed by atoms with Crippen LogP contribution in [-0.2, 0) is 7.05 Å². The molecule has 1 aromatic heterocycles. The molecule has 0 saturated heterocycles. The third-order valence-electron chi connectivity index (χ3n) is 4.02. The second-order valence-electron chi connectivity index (χ2n) is 6.01. The largest absolute Gasteiger partial charge is 0.308 e. The molecule has 0 radical (unpaired) electrons. The van der Waals surface area contributed by atoms with Gasteiger partial charge in [-0.1, -0.05) is 56.3 Å². The fraction of sp³-hybridized carbons (Fsp3) is 0.200. The number of benzene rings is 2. The molecule has 0 fully saturated rings. The first kappa shape index (κ1) is 15.2. The lowest BCUT2D eigenvalue weighted by Gasteiger charge is -2.06. The Morgan fingerprint density at radius 2 is 1.83 bits per heavy atom. The summed E-state index contributed by atoms with van der Waals surface area (Å²) in [4.78, 5) is 16.9. The summed E-state index contributed by atoms with van der Waals surface area (Å²) in [5.41, 5.74) is 4.41. The van der Waals surface area contributed by atoms with Crippen molar-refractivity contribution in [1.82, 2.24) is 9.55 Å². The van der Waals surface area contributed by atoms with Gasteiger partial charge in [-0.15, -0.1) is 0 Å². The summed E-state index contributed by atoms with van der Waals surface area (Å²) in [6.07, 6.45) is 3.75. The van der Waals surface area contributed by atoms with E-state index in [4.69, 9.17) is 0 Å². The first-order valence-corrected chi connectivity index (χ1v) is 7.80. The Balaban J connectivity index is 2.03. The summed E-state index contributed by atoms with van der Waals surface area (Å²) in [5.74, 6) is 0.481. The van der Waals surface area contributed by atoms with Gasteiger partial charge in [-0.05, 0) is 35.3 Å². The van der Waals surface area contributed by atoms with E-state index in [0.29, 0.717) is 11.6 Å². The zero-order chi connectivity index (χ0) is 16.4. The lowest BCUT2D eigenvalue weighted by molar-refractivity contribution is 0.866. The van der Waals surface area contributed by atoms with E-state index >= 15 is 0 Å². The molecule has 0 amide bonds. The number of hydrogen-bond donors (Lipinski definition) is 0. The standard InChI is InChI=1S/C20H20N2O/c1-14(2)16-8-6-7-15(13-16)11-12-18-20(23)22(3)19-10-5-4-9-17(19)21-18/h4-14H,1-3H3/b12-11+. The lowest BCUT2D eigenvalue weighted by atomic mass is 10.0. The molecule has 3 rings (SSSR count). The molecule has 1 heterocycles. The van der Waals surface area contributed by atoms with E-state index in [1.807, 2.05) is 42.5 Å². The highest BCUT2D eigenvalue weighted by Crippen LogP contribution is 2.17. The summed E-state index contributed by atoms with van der Waals surface area (Å²) in [5, 5.41) is 0. The lowest BCUT2D eigenvalue weighted by Crippen LogP contribution is -2.21. The molecule has 0 spiro atoms. The predicted octanol–water partition coefficient (Wildman–Crippen LogP) is 4.23. The Morgan fingerprint density at radius 3 is 2.61 bits per heavy atom. The molecular weight excluding hydrogens is 284 g/mol. The Kier molecular flexibility index (Phi) is 4.11. The molecule has 2 aromatic carbocycles. The number of para-hydroxylation sites is 2. The monoisotopic (exact) mass is 304 g/mol. The molecule has 3 heteroatoms. The van der Waals surface area contributed by atoms with E-state index in [0.717, 1.165) is 16.6 Å². The van der Waals surface area contributed by atoms with Gasteiger partial charge in [0.2, 0.25) is 0 Å². The molecule has 23 heavy (non-hydrogen) atoms. The van der Waals surface area contributed by atoms with Crippen molar-refractivity contribution in [3.8, 4) is 0 Å². The third-order valence-corrected chi connectivity index (χ3v) is 4.02. The fourth-order valence-corrected chi connectivity index (χ4v) is 2.61. The van der Waals surface area contributed by atoms with Crippen LogP contribution >= 0.6 is 0 Å². The molecule has 0 bridgehead atoms. The van der Waals surface area contributed by atoms with Crippen molar-refractivity contribution in [2.45, 2.75) is 19.8 Å². The van der Waals surface area contributed by atoms with Gasteiger partial charge in [0.25, 0.3) is 5.56 Å². The van der Waals surface area contributed by atoms with E-state index in [1.54, 1.807) is 17.7 Å². The Labute approximate surface area is 135 Å². The predicted molar refractivity (Wildman–Crippen MR) is 96.4 cm³/mol.